The summed E-state index contributed by atoms with van der Waals surface area (Å²) in [5, 5.41) is 8.67. The molecule has 1 saturated heterocycles. The molecule has 0 bridgehead atoms. The second kappa shape index (κ2) is 8.31. The number of sulfonamides is 1. The lowest BCUT2D eigenvalue weighted by molar-refractivity contribution is 0.402. The second-order valence-corrected chi connectivity index (χ2v) is 8.96. The Morgan fingerprint density at radius 2 is 1.70 bits per heavy atom. The van der Waals surface area contributed by atoms with Crippen LogP contribution in [0.2, 0.25) is 0 Å². The van der Waals surface area contributed by atoms with E-state index in [1.807, 2.05) is 37.3 Å². The lowest BCUT2D eigenvalue weighted by Crippen LogP contribution is -2.19. The first-order valence-electron chi connectivity index (χ1n) is 9.83. The number of hydrogen-bond acceptors (Lipinski definition) is 6. The average Bonchev–Trinajstić information content (AvgIpc) is 3.29. The van der Waals surface area contributed by atoms with Crippen LogP contribution in [0.15, 0.2) is 59.5 Å². The Morgan fingerprint density at radius 3 is 2.33 bits per heavy atom. The van der Waals surface area contributed by atoms with Gasteiger partial charge >= 0.3 is 0 Å². The average molecular weight is 425 g/mol. The molecule has 1 aliphatic heterocycles. The van der Waals surface area contributed by atoms with Crippen LogP contribution < -0.4 is 14.4 Å². The highest BCUT2D eigenvalue weighted by molar-refractivity contribution is 7.92. The third-order valence-electron chi connectivity index (χ3n) is 5.12. The quantitative estimate of drug-likeness (QED) is 0.647. The topological polar surface area (TPSA) is 84.4 Å². The van der Waals surface area contributed by atoms with Crippen molar-refractivity contribution in [1.29, 1.82) is 0 Å². The van der Waals surface area contributed by atoms with Crippen LogP contribution >= 0.6 is 0 Å². The van der Waals surface area contributed by atoms with Gasteiger partial charge in [0, 0.05) is 24.3 Å². The second-order valence-electron chi connectivity index (χ2n) is 7.31. The number of methoxy groups -OCH3 is 1. The summed E-state index contributed by atoms with van der Waals surface area (Å²) in [7, 11) is -2.33. The number of anilines is 2. The van der Waals surface area contributed by atoms with Crippen LogP contribution in [-0.4, -0.2) is 38.8 Å². The van der Waals surface area contributed by atoms with Gasteiger partial charge in [-0.15, -0.1) is 10.2 Å². The molecule has 0 radical (unpaired) electrons. The van der Waals surface area contributed by atoms with E-state index >= 15 is 0 Å². The van der Waals surface area contributed by atoms with Crippen molar-refractivity contribution in [3.63, 3.8) is 0 Å². The van der Waals surface area contributed by atoms with Crippen molar-refractivity contribution in [1.82, 2.24) is 10.2 Å². The normalized spacial score (nSPS) is 14.0. The third-order valence-corrected chi connectivity index (χ3v) is 6.52. The van der Waals surface area contributed by atoms with Crippen LogP contribution in [0.4, 0.5) is 11.5 Å². The number of rotatable bonds is 6. The highest BCUT2D eigenvalue weighted by Crippen LogP contribution is 2.28. The van der Waals surface area contributed by atoms with E-state index in [0.29, 0.717) is 11.4 Å². The number of aryl methyl sites for hydroxylation is 1. The molecule has 1 aromatic heterocycles. The van der Waals surface area contributed by atoms with E-state index < -0.39 is 10.0 Å². The first kappa shape index (κ1) is 20.2. The van der Waals surface area contributed by atoms with Gasteiger partial charge in [0.1, 0.15) is 10.6 Å². The molecule has 0 atom stereocenters. The Bertz CT molecular complexity index is 1120. The highest BCUT2D eigenvalue weighted by Gasteiger charge is 2.20. The van der Waals surface area contributed by atoms with E-state index in [-0.39, 0.29) is 4.90 Å². The molecule has 0 saturated carbocycles. The Labute approximate surface area is 176 Å². The monoisotopic (exact) mass is 424 g/mol. The fourth-order valence-electron chi connectivity index (χ4n) is 3.51. The predicted molar refractivity (Wildman–Crippen MR) is 117 cm³/mol. The molecular formula is C22H24N4O3S. The van der Waals surface area contributed by atoms with E-state index in [0.717, 1.165) is 35.7 Å². The van der Waals surface area contributed by atoms with Crippen molar-refractivity contribution in [3.05, 3.63) is 60.2 Å². The summed E-state index contributed by atoms with van der Waals surface area (Å²) in [6.07, 6.45) is 2.38. The minimum absolute atomic E-state index is 0.109. The van der Waals surface area contributed by atoms with Crippen molar-refractivity contribution in [3.8, 4) is 17.0 Å². The third kappa shape index (κ3) is 4.23. The van der Waals surface area contributed by atoms with Gasteiger partial charge in [0.2, 0.25) is 0 Å². The molecule has 1 fully saturated rings. The fourth-order valence-corrected chi connectivity index (χ4v) is 4.82. The van der Waals surface area contributed by atoms with Gasteiger partial charge in [-0.05, 0) is 61.7 Å². The highest BCUT2D eigenvalue weighted by atomic mass is 32.2. The maximum absolute atomic E-state index is 12.8. The van der Waals surface area contributed by atoms with Crippen LogP contribution in [-0.2, 0) is 10.0 Å². The molecule has 2 aromatic carbocycles. The summed E-state index contributed by atoms with van der Waals surface area (Å²) in [5.74, 6) is 1.20. The Kier molecular flexibility index (Phi) is 5.59. The van der Waals surface area contributed by atoms with Gasteiger partial charge in [-0.3, -0.25) is 4.72 Å². The minimum Gasteiger partial charge on any atom is -0.495 e. The summed E-state index contributed by atoms with van der Waals surface area (Å²) in [6.45, 7) is 3.88. The number of hydrogen-bond donors (Lipinski definition) is 1. The summed E-state index contributed by atoms with van der Waals surface area (Å²) in [5.41, 5.74) is 2.91. The Morgan fingerprint density at radius 1 is 0.967 bits per heavy atom. The molecule has 4 rings (SSSR count). The molecule has 156 valence electrons. The van der Waals surface area contributed by atoms with E-state index in [4.69, 9.17) is 4.74 Å². The standard InChI is InChI=1S/C22H24N4O3S/c1-16-5-11-20(29-2)21(15-16)30(27,28)25-18-8-6-17(7-9-18)19-10-12-22(24-23-19)26-13-3-4-14-26/h5-12,15,25H,3-4,13-14H2,1-2H3. The predicted octanol–water partition coefficient (Wildman–Crippen LogP) is 3.86. The molecule has 0 spiro atoms. The zero-order chi connectivity index (χ0) is 21.1. The van der Waals surface area contributed by atoms with E-state index in [1.165, 1.54) is 20.0 Å². The maximum atomic E-state index is 12.8. The van der Waals surface area contributed by atoms with Gasteiger partial charge in [-0.1, -0.05) is 18.2 Å². The SMILES string of the molecule is COc1ccc(C)cc1S(=O)(=O)Nc1ccc(-c2ccc(N3CCCC3)nn2)cc1. The van der Waals surface area contributed by atoms with Crippen LogP contribution in [0.5, 0.6) is 5.75 Å². The number of aromatic nitrogens is 2. The first-order valence-corrected chi connectivity index (χ1v) is 11.3. The van der Waals surface area contributed by atoms with E-state index in [2.05, 4.69) is 19.8 Å². The maximum Gasteiger partial charge on any atom is 0.265 e. The molecular weight excluding hydrogens is 400 g/mol. The molecule has 0 amide bonds. The fraction of sp³-hybridized carbons (Fsp3) is 0.273. The van der Waals surface area contributed by atoms with Crippen molar-refractivity contribution in [2.24, 2.45) is 0 Å². The van der Waals surface area contributed by atoms with Crippen molar-refractivity contribution in [2.75, 3.05) is 29.8 Å². The van der Waals surface area contributed by atoms with Crippen LogP contribution in [0, 0.1) is 6.92 Å². The number of benzene rings is 2. The van der Waals surface area contributed by atoms with E-state index in [9.17, 15) is 8.42 Å². The first-order chi connectivity index (χ1) is 14.5. The molecule has 8 heteroatoms. The summed E-state index contributed by atoms with van der Waals surface area (Å²) < 4.78 is 33.5. The van der Waals surface area contributed by atoms with E-state index in [1.54, 1.807) is 24.3 Å². The number of nitrogens with zero attached hydrogens (tertiary/aromatic N) is 3. The number of nitrogens with one attached hydrogen (secondary N) is 1. The molecule has 30 heavy (non-hydrogen) atoms. The Hall–Kier alpha value is -3.13. The molecule has 7 nitrogen and oxygen atoms in total. The molecule has 1 N–H and O–H groups in total. The smallest absolute Gasteiger partial charge is 0.265 e. The lowest BCUT2D eigenvalue weighted by atomic mass is 10.1. The Balaban J connectivity index is 1.52. The summed E-state index contributed by atoms with van der Waals surface area (Å²) >= 11 is 0. The van der Waals surface area contributed by atoms with Gasteiger partial charge in [0.15, 0.2) is 5.82 Å². The van der Waals surface area contributed by atoms with Crippen molar-refractivity contribution < 1.29 is 13.2 Å². The van der Waals surface area contributed by atoms with Crippen molar-refractivity contribution >= 4 is 21.5 Å². The molecule has 1 aliphatic rings. The zero-order valence-corrected chi connectivity index (χ0v) is 17.8. The summed E-state index contributed by atoms with van der Waals surface area (Å²) in [4.78, 5) is 2.34. The van der Waals surface area contributed by atoms with Gasteiger partial charge in [-0.2, -0.15) is 0 Å². The zero-order valence-electron chi connectivity index (χ0n) is 17.0. The van der Waals surface area contributed by atoms with Crippen LogP contribution in [0.3, 0.4) is 0 Å². The van der Waals surface area contributed by atoms with Gasteiger partial charge in [0.25, 0.3) is 10.0 Å². The number of ether oxygens (including phenoxy) is 1. The largest absolute Gasteiger partial charge is 0.495 e. The van der Waals surface area contributed by atoms with Gasteiger partial charge in [-0.25, -0.2) is 8.42 Å². The van der Waals surface area contributed by atoms with Crippen LogP contribution in [0.25, 0.3) is 11.3 Å². The van der Waals surface area contributed by atoms with Crippen molar-refractivity contribution in [2.45, 2.75) is 24.7 Å². The molecule has 0 aliphatic carbocycles. The van der Waals surface area contributed by atoms with Gasteiger partial charge < -0.3 is 9.64 Å². The van der Waals surface area contributed by atoms with Gasteiger partial charge in [0.05, 0.1) is 12.8 Å². The molecule has 0 unspecified atom stereocenters. The van der Waals surface area contributed by atoms with Crippen LogP contribution in [0.1, 0.15) is 18.4 Å². The lowest BCUT2D eigenvalue weighted by Gasteiger charge is -2.15. The summed E-state index contributed by atoms with van der Waals surface area (Å²) in [6, 6.07) is 16.0. The molecule has 3 aromatic rings. The molecule has 2 heterocycles. The minimum atomic E-state index is -3.78.